The van der Waals surface area contributed by atoms with E-state index in [1.54, 1.807) is 0 Å². The van der Waals surface area contributed by atoms with E-state index >= 15 is 0 Å². The molecule has 0 heterocycles. The van der Waals surface area contributed by atoms with Gasteiger partial charge in [0, 0.05) is 12.8 Å². The Balaban J connectivity index is 4.01. The van der Waals surface area contributed by atoms with Gasteiger partial charge in [-0.2, -0.15) is 0 Å². The van der Waals surface area contributed by atoms with Crippen molar-refractivity contribution in [2.75, 3.05) is 0 Å². The average Bonchev–Trinajstić information content (AvgIpc) is 1.98. The van der Waals surface area contributed by atoms with Crippen molar-refractivity contribution in [3.8, 4) is 0 Å². The normalized spacial score (nSPS) is 15.0. The van der Waals surface area contributed by atoms with E-state index in [9.17, 15) is 4.79 Å². The van der Waals surface area contributed by atoms with Gasteiger partial charge in [0.2, 0.25) is 0 Å². The Labute approximate surface area is 101 Å². The molecule has 0 saturated carbocycles. The summed E-state index contributed by atoms with van der Waals surface area (Å²) >= 11 is 0. The van der Waals surface area contributed by atoms with Crippen molar-refractivity contribution in [1.82, 2.24) is 0 Å². The summed E-state index contributed by atoms with van der Waals surface area (Å²) in [5.41, 5.74) is 1.55. The fraction of sp³-hybridized carbons (Fsp3) is 0.800. The molecule has 0 radical (unpaired) electrons. The maximum atomic E-state index is 11.8. The molecule has 0 fully saturated rings. The Morgan fingerprint density at radius 2 is 1.88 bits per heavy atom. The van der Waals surface area contributed by atoms with Crippen LogP contribution in [0.4, 0.5) is 0 Å². The zero-order chi connectivity index (χ0) is 12.8. The van der Waals surface area contributed by atoms with Crippen LogP contribution in [0.15, 0.2) is 11.6 Å². The first kappa shape index (κ1) is 15.4. The van der Waals surface area contributed by atoms with Gasteiger partial charge in [0.05, 0.1) is 0 Å². The highest BCUT2D eigenvalue weighted by Gasteiger charge is 2.17. The molecule has 1 heteroatoms. The highest BCUT2D eigenvalue weighted by molar-refractivity contribution is 5.80. The fourth-order valence-corrected chi connectivity index (χ4v) is 2.31. The second kappa shape index (κ2) is 6.88. The molecule has 16 heavy (non-hydrogen) atoms. The molecular weight excluding hydrogens is 196 g/mol. The Hall–Kier alpha value is -0.590. The van der Waals surface area contributed by atoms with Gasteiger partial charge in [0.15, 0.2) is 0 Å². The number of hydrogen-bond donors (Lipinski definition) is 0. The van der Waals surface area contributed by atoms with Crippen molar-refractivity contribution in [3.05, 3.63) is 11.6 Å². The Morgan fingerprint density at radius 3 is 2.31 bits per heavy atom. The van der Waals surface area contributed by atoms with Crippen LogP contribution in [0.2, 0.25) is 0 Å². The van der Waals surface area contributed by atoms with Crippen LogP contribution in [0.5, 0.6) is 0 Å². The summed E-state index contributed by atoms with van der Waals surface area (Å²) in [5, 5.41) is 0. The number of hydrogen-bond acceptors (Lipinski definition) is 1. The molecule has 0 aliphatic carbocycles. The van der Waals surface area contributed by atoms with Crippen molar-refractivity contribution in [2.45, 2.75) is 67.2 Å². The topological polar surface area (TPSA) is 17.1 Å². The summed E-state index contributed by atoms with van der Waals surface area (Å²) in [4.78, 5) is 11.8. The molecule has 0 bridgehead atoms. The van der Waals surface area contributed by atoms with Gasteiger partial charge in [0.25, 0.3) is 0 Å². The molecule has 0 spiro atoms. The lowest BCUT2D eigenvalue weighted by Crippen LogP contribution is -2.14. The molecule has 1 nitrogen and oxygen atoms in total. The monoisotopic (exact) mass is 224 g/mol. The van der Waals surface area contributed by atoms with Gasteiger partial charge in [-0.25, -0.2) is 0 Å². The van der Waals surface area contributed by atoms with E-state index in [0.717, 1.165) is 19.3 Å². The number of ketones is 1. The highest BCUT2D eigenvalue weighted by atomic mass is 16.1. The van der Waals surface area contributed by atoms with E-state index in [1.807, 2.05) is 0 Å². The van der Waals surface area contributed by atoms with Gasteiger partial charge in [-0.05, 0) is 31.1 Å². The van der Waals surface area contributed by atoms with Gasteiger partial charge < -0.3 is 0 Å². The second-order valence-electron chi connectivity index (χ2n) is 6.25. The smallest absolute Gasteiger partial charge is 0.137 e. The van der Waals surface area contributed by atoms with Crippen molar-refractivity contribution >= 4 is 5.78 Å². The van der Waals surface area contributed by atoms with E-state index in [1.165, 1.54) is 5.57 Å². The van der Waals surface area contributed by atoms with E-state index < -0.39 is 0 Å². The first-order chi connectivity index (χ1) is 7.24. The van der Waals surface area contributed by atoms with Gasteiger partial charge in [-0.1, -0.05) is 46.3 Å². The standard InChI is InChI=1S/C15H28O/c1-7-8-12(2)9-14(16)10-13(3)11-15(4,5)6/h8,13H,7,9-11H2,1-6H3. The van der Waals surface area contributed by atoms with Gasteiger partial charge in [-0.3, -0.25) is 4.79 Å². The molecule has 0 aromatic carbocycles. The molecule has 0 saturated heterocycles. The molecule has 1 unspecified atom stereocenters. The Bertz CT molecular complexity index is 243. The summed E-state index contributed by atoms with van der Waals surface area (Å²) in [5.74, 6) is 0.890. The van der Waals surface area contributed by atoms with Crippen LogP contribution in [-0.2, 0) is 4.79 Å². The zero-order valence-corrected chi connectivity index (χ0v) is 11.9. The maximum Gasteiger partial charge on any atom is 0.137 e. The van der Waals surface area contributed by atoms with Crippen LogP contribution in [0.25, 0.3) is 0 Å². The predicted octanol–water partition coefficient (Wildman–Crippen LogP) is 4.76. The largest absolute Gasteiger partial charge is 0.299 e. The third kappa shape index (κ3) is 8.70. The van der Waals surface area contributed by atoms with Gasteiger partial charge >= 0.3 is 0 Å². The van der Waals surface area contributed by atoms with E-state index in [2.05, 4.69) is 47.6 Å². The number of allylic oxidation sites excluding steroid dienone is 2. The average molecular weight is 224 g/mol. The molecule has 0 N–H and O–H groups in total. The van der Waals surface area contributed by atoms with Crippen LogP contribution < -0.4 is 0 Å². The SMILES string of the molecule is CCC=C(C)CC(=O)CC(C)CC(C)(C)C. The lowest BCUT2D eigenvalue weighted by atomic mass is 9.83. The van der Waals surface area contributed by atoms with Crippen molar-refractivity contribution < 1.29 is 4.79 Å². The first-order valence-electron chi connectivity index (χ1n) is 6.42. The van der Waals surface area contributed by atoms with Gasteiger partial charge in [-0.15, -0.1) is 0 Å². The Kier molecular flexibility index (Phi) is 6.62. The fourth-order valence-electron chi connectivity index (χ4n) is 2.31. The summed E-state index contributed by atoms with van der Waals surface area (Å²) in [7, 11) is 0. The van der Waals surface area contributed by atoms with Crippen LogP contribution in [0.3, 0.4) is 0 Å². The lowest BCUT2D eigenvalue weighted by molar-refractivity contribution is -0.119. The quantitative estimate of drug-likeness (QED) is 0.594. The number of Topliss-reactive ketones (excluding diaryl/α,β-unsaturated/α-hetero) is 1. The molecule has 0 aliphatic heterocycles. The number of carbonyl (C=O) groups is 1. The maximum absolute atomic E-state index is 11.8. The lowest BCUT2D eigenvalue weighted by Gasteiger charge is -2.22. The summed E-state index contributed by atoms with van der Waals surface area (Å²) in [6.07, 6.45) is 5.66. The van der Waals surface area contributed by atoms with Crippen LogP contribution in [0.1, 0.15) is 67.2 Å². The molecule has 0 rings (SSSR count). The summed E-state index contributed by atoms with van der Waals surface area (Å²) < 4.78 is 0. The van der Waals surface area contributed by atoms with Crippen LogP contribution >= 0.6 is 0 Å². The summed E-state index contributed by atoms with van der Waals surface area (Å²) in [6, 6.07) is 0. The Morgan fingerprint density at radius 1 is 1.31 bits per heavy atom. The van der Waals surface area contributed by atoms with Gasteiger partial charge in [0.1, 0.15) is 5.78 Å². The molecule has 0 aromatic rings. The van der Waals surface area contributed by atoms with Crippen LogP contribution in [-0.4, -0.2) is 5.78 Å². The first-order valence-corrected chi connectivity index (χ1v) is 6.42. The third-order valence-electron chi connectivity index (χ3n) is 2.57. The number of carbonyl (C=O) groups excluding carboxylic acids is 1. The highest BCUT2D eigenvalue weighted by Crippen LogP contribution is 2.26. The van der Waals surface area contributed by atoms with Crippen molar-refractivity contribution in [2.24, 2.45) is 11.3 Å². The van der Waals surface area contributed by atoms with Crippen molar-refractivity contribution in [3.63, 3.8) is 0 Å². The van der Waals surface area contributed by atoms with Crippen molar-refractivity contribution in [1.29, 1.82) is 0 Å². The van der Waals surface area contributed by atoms with Crippen LogP contribution in [0, 0.1) is 11.3 Å². The molecular formula is C15H28O. The molecule has 1 atom stereocenters. The van der Waals surface area contributed by atoms with E-state index in [4.69, 9.17) is 0 Å². The minimum absolute atomic E-state index is 0.327. The molecule has 0 aliphatic rings. The predicted molar refractivity (Wildman–Crippen MR) is 71.5 cm³/mol. The molecule has 0 amide bonds. The minimum Gasteiger partial charge on any atom is -0.299 e. The van der Waals surface area contributed by atoms with E-state index in [0.29, 0.717) is 23.5 Å². The molecule has 94 valence electrons. The minimum atomic E-state index is 0.327. The zero-order valence-electron chi connectivity index (χ0n) is 11.9. The summed E-state index contributed by atoms with van der Waals surface area (Å²) in [6.45, 7) is 13.0. The third-order valence-corrected chi connectivity index (χ3v) is 2.57. The second-order valence-corrected chi connectivity index (χ2v) is 6.25. The van der Waals surface area contributed by atoms with E-state index in [-0.39, 0.29) is 0 Å². The number of rotatable bonds is 6. The molecule has 0 aromatic heterocycles.